The fraction of sp³-hybridized carbons (Fsp3) is 0.647. The quantitative estimate of drug-likeness (QED) is 0.488. The Morgan fingerprint density at radius 3 is 2.24 bits per heavy atom. The molecular formula is C17H26N2O6. The van der Waals surface area contributed by atoms with E-state index in [0.29, 0.717) is 19.5 Å². The molecule has 1 aliphatic rings. The Balaban J connectivity index is 2.68. The zero-order valence-corrected chi connectivity index (χ0v) is 15.2. The number of carbonyl (C=O) groups excluding carboxylic acids is 4. The molecule has 0 aliphatic carbocycles. The topological polar surface area (TPSA) is 93.2 Å². The first kappa shape index (κ1) is 20.7. The molecule has 1 saturated heterocycles. The van der Waals surface area contributed by atoms with Gasteiger partial charge in [0.05, 0.1) is 13.7 Å². The van der Waals surface area contributed by atoms with E-state index in [-0.39, 0.29) is 30.8 Å². The molecule has 8 nitrogen and oxygen atoms in total. The van der Waals surface area contributed by atoms with Crippen molar-refractivity contribution in [2.45, 2.75) is 45.8 Å². The molecule has 2 amide bonds. The van der Waals surface area contributed by atoms with Crippen LogP contribution in [0.5, 0.6) is 0 Å². The average molecular weight is 354 g/mol. The molecule has 25 heavy (non-hydrogen) atoms. The zero-order chi connectivity index (χ0) is 19.0. The van der Waals surface area contributed by atoms with Crippen molar-refractivity contribution in [3.05, 3.63) is 12.2 Å². The summed E-state index contributed by atoms with van der Waals surface area (Å²) in [5.74, 6) is -1.54. The van der Waals surface area contributed by atoms with E-state index >= 15 is 0 Å². The highest BCUT2D eigenvalue weighted by atomic mass is 16.5. The summed E-state index contributed by atoms with van der Waals surface area (Å²) in [5.41, 5.74) is 0. The van der Waals surface area contributed by atoms with E-state index in [0.717, 1.165) is 12.2 Å². The number of ether oxygens (including phenoxy) is 2. The molecule has 1 heterocycles. The Morgan fingerprint density at radius 1 is 1.12 bits per heavy atom. The van der Waals surface area contributed by atoms with E-state index in [9.17, 15) is 19.2 Å². The van der Waals surface area contributed by atoms with Crippen LogP contribution in [0, 0.1) is 0 Å². The second kappa shape index (κ2) is 9.80. The van der Waals surface area contributed by atoms with E-state index in [1.165, 1.54) is 14.0 Å². The standard InChI is InChI=1S/C17H26N2O6/c1-5-18(6-2)15(21)10-13-9-14(11-19(13)12(3)20)25-17(23)8-7-16(22)24-4/h7-8,13-14H,5-6,9-11H2,1-4H3/b8-7+/t13-,14-/m0/s1. The van der Waals surface area contributed by atoms with Crippen molar-refractivity contribution < 1.29 is 28.7 Å². The van der Waals surface area contributed by atoms with Crippen LogP contribution in [0.1, 0.15) is 33.6 Å². The first-order chi connectivity index (χ1) is 11.8. The maximum atomic E-state index is 12.3. The van der Waals surface area contributed by atoms with Crippen LogP contribution in [0.3, 0.4) is 0 Å². The Bertz CT molecular complexity index is 541. The van der Waals surface area contributed by atoms with E-state index in [4.69, 9.17) is 4.74 Å². The number of rotatable bonds is 7. The predicted octanol–water partition coefficient (Wildman–Crippen LogP) is 0.507. The minimum absolute atomic E-state index is 0.0289. The third-order valence-corrected chi connectivity index (χ3v) is 4.15. The second-order valence-corrected chi connectivity index (χ2v) is 5.75. The van der Waals surface area contributed by atoms with Crippen LogP contribution in [0.25, 0.3) is 0 Å². The molecule has 0 bridgehead atoms. The van der Waals surface area contributed by atoms with Crippen molar-refractivity contribution in [1.29, 1.82) is 0 Å². The lowest BCUT2D eigenvalue weighted by Gasteiger charge is -2.25. The minimum Gasteiger partial charge on any atom is -0.466 e. The molecule has 0 N–H and O–H groups in total. The highest BCUT2D eigenvalue weighted by Gasteiger charge is 2.37. The lowest BCUT2D eigenvalue weighted by Crippen LogP contribution is -2.39. The number of hydrogen-bond acceptors (Lipinski definition) is 6. The van der Waals surface area contributed by atoms with Gasteiger partial charge >= 0.3 is 11.9 Å². The van der Waals surface area contributed by atoms with Crippen molar-refractivity contribution in [2.75, 3.05) is 26.7 Å². The van der Waals surface area contributed by atoms with Crippen molar-refractivity contribution >= 4 is 23.8 Å². The highest BCUT2D eigenvalue weighted by Crippen LogP contribution is 2.24. The number of esters is 2. The van der Waals surface area contributed by atoms with Gasteiger partial charge in [-0.1, -0.05) is 0 Å². The van der Waals surface area contributed by atoms with Gasteiger partial charge in [-0.2, -0.15) is 0 Å². The van der Waals surface area contributed by atoms with Crippen molar-refractivity contribution in [3.63, 3.8) is 0 Å². The van der Waals surface area contributed by atoms with Crippen LogP contribution in [0.4, 0.5) is 0 Å². The fourth-order valence-corrected chi connectivity index (χ4v) is 2.85. The summed E-state index contributed by atoms with van der Waals surface area (Å²) < 4.78 is 9.65. The molecule has 0 spiro atoms. The lowest BCUT2D eigenvalue weighted by atomic mass is 10.1. The van der Waals surface area contributed by atoms with Crippen LogP contribution in [-0.2, 0) is 28.7 Å². The molecule has 0 radical (unpaired) electrons. The number of methoxy groups -OCH3 is 1. The number of hydrogen-bond donors (Lipinski definition) is 0. The molecular weight excluding hydrogens is 328 g/mol. The number of carbonyl (C=O) groups is 4. The summed E-state index contributed by atoms with van der Waals surface area (Å²) >= 11 is 0. The molecule has 0 aromatic heterocycles. The van der Waals surface area contributed by atoms with E-state index in [1.54, 1.807) is 9.80 Å². The SMILES string of the molecule is CCN(CC)C(=O)C[C@@H]1C[C@H](OC(=O)/C=C/C(=O)OC)CN1C(C)=O. The Labute approximate surface area is 147 Å². The average Bonchev–Trinajstić information content (AvgIpc) is 2.96. The Morgan fingerprint density at radius 2 is 1.72 bits per heavy atom. The predicted molar refractivity (Wildman–Crippen MR) is 89.4 cm³/mol. The van der Waals surface area contributed by atoms with Crippen molar-refractivity contribution in [1.82, 2.24) is 9.80 Å². The van der Waals surface area contributed by atoms with Gasteiger partial charge in [-0.3, -0.25) is 9.59 Å². The van der Waals surface area contributed by atoms with Crippen molar-refractivity contribution in [3.8, 4) is 0 Å². The minimum atomic E-state index is -0.686. The molecule has 140 valence electrons. The maximum absolute atomic E-state index is 12.3. The van der Waals surface area contributed by atoms with Gasteiger partial charge < -0.3 is 19.3 Å². The van der Waals surface area contributed by atoms with Gasteiger partial charge in [0.2, 0.25) is 11.8 Å². The van der Waals surface area contributed by atoms with Gasteiger partial charge in [0, 0.05) is 51.0 Å². The summed E-state index contributed by atoms with van der Waals surface area (Å²) in [4.78, 5) is 50.1. The zero-order valence-electron chi connectivity index (χ0n) is 15.2. The molecule has 0 saturated carbocycles. The second-order valence-electron chi connectivity index (χ2n) is 5.75. The van der Waals surface area contributed by atoms with Crippen molar-refractivity contribution in [2.24, 2.45) is 0 Å². The maximum Gasteiger partial charge on any atom is 0.331 e. The molecule has 8 heteroatoms. The smallest absolute Gasteiger partial charge is 0.331 e. The van der Waals surface area contributed by atoms with Gasteiger partial charge in [0.25, 0.3) is 0 Å². The summed E-state index contributed by atoms with van der Waals surface area (Å²) in [5, 5.41) is 0. The summed E-state index contributed by atoms with van der Waals surface area (Å²) in [6, 6.07) is -0.298. The largest absolute Gasteiger partial charge is 0.466 e. The lowest BCUT2D eigenvalue weighted by molar-refractivity contribution is -0.144. The summed E-state index contributed by atoms with van der Waals surface area (Å²) in [6.45, 7) is 6.69. The first-order valence-corrected chi connectivity index (χ1v) is 8.33. The molecule has 1 rings (SSSR count). The van der Waals surface area contributed by atoms with Crippen LogP contribution >= 0.6 is 0 Å². The Hall–Kier alpha value is -2.38. The molecule has 1 aliphatic heterocycles. The highest BCUT2D eigenvalue weighted by molar-refractivity contribution is 5.91. The molecule has 0 aromatic rings. The van der Waals surface area contributed by atoms with Gasteiger partial charge in [0.15, 0.2) is 0 Å². The van der Waals surface area contributed by atoms with Crippen LogP contribution in [-0.4, -0.2) is 72.4 Å². The van der Waals surface area contributed by atoms with Crippen LogP contribution < -0.4 is 0 Å². The van der Waals surface area contributed by atoms with Gasteiger partial charge in [-0.05, 0) is 13.8 Å². The number of nitrogens with zero attached hydrogens (tertiary/aromatic N) is 2. The van der Waals surface area contributed by atoms with E-state index in [2.05, 4.69) is 4.74 Å². The third-order valence-electron chi connectivity index (χ3n) is 4.15. The summed E-state index contributed by atoms with van der Waals surface area (Å²) in [7, 11) is 1.21. The number of amides is 2. The van der Waals surface area contributed by atoms with Crippen LogP contribution in [0.15, 0.2) is 12.2 Å². The van der Waals surface area contributed by atoms with E-state index in [1.807, 2.05) is 13.8 Å². The van der Waals surface area contributed by atoms with Gasteiger partial charge in [-0.25, -0.2) is 9.59 Å². The molecule has 2 atom stereocenters. The Kier molecular flexibility index (Phi) is 8.10. The van der Waals surface area contributed by atoms with Gasteiger partial charge in [-0.15, -0.1) is 0 Å². The van der Waals surface area contributed by atoms with E-state index < -0.39 is 18.0 Å². The normalized spacial score (nSPS) is 19.8. The third kappa shape index (κ3) is 6.21. The monoisotopic (exact) mass is 354 g/mol. The fourth-order valence-electron chi connectivity index (χ4n) is 2.85. The molecule has 0 aromatic carbocycles. The van der Waals surface area contributed by atoms with Crippen LogP contribution in [0.2, 0.25) is 0 Å². The molecule has 1 fully saturated rings. The number of likely N-dealkylation sites (tertiary alicyclic amines) is 1. The molecule has 0 unspecified atom stereocenters. The summed E-state index contributed by atoms with van der Waals surface area (Å²) in [6.07, 6.45) is 2.05. The first-order valence-electron chi connectivity index (χ1n) is 8.33. The van der Waals surface area contributed by atoms with Gasteiger partial charge in [0.1, 0.15) is 6.10 Å².